The first kappa shape index (κ1) is 14.0. The van der Waals surface area contributed by atoms with E-state index in [1.165, 1.54) is 0 Å². The number of hydrogen-bond acceptors (Lipinski definition) is 3. The second kappa shape index (κ2) is 6.00. The summed E-state index contributed by atoms with van der Waals surface area (Å²) in [5.41, 5.74) is 0. The molecule has 1 aliphatic rings. The van der Waals surface area contributed by atoms with Gasteiger partial charge in [-0.2, -0.15) is 0 Å². The molecule has 3 atom stereocenters. The van der Waals surface area contributed by atoms with Gasteiger partial charge in [-0.15, -0.1) is 0 Å². The molecule has 0 bridgehead atoms. The molecule has 5 heteroatoms. The maximum absolute atomic E-state index is 12.3. The fraction of sp³-hybridized carbons (Fsp3) is 0.833. The van der Waals surface area contributed by atoms with Crippen LogP contribution in [0.4, 0.5) is 0 Å². The average molecular weight is 242 g/mol. The van der Waals surface area contributed by atoms with Gasteiger partial charge in [-0.25, -0.2) is 0 Å². The van der Waals surface area contributed by atoms with Crippen molar-refractivity contribution < 1.29 is 14.7 Å². The standard InChI is InChI=1S/C12H22N2O3/c1-4-14(9(3)5-11(15)16)12(17)10-7-13-6-8(10)2/h8-10,13H,4-7H2,1-3H3,(H,15,16). The van der Waals surface area contributed by atoms with E-state index in [2.05, 4.69) is 12.2 Å². The van der Waals surface area contributed by atoms with E-state index in [4.69, 9.17) is 5.11 Å². The molecule has 1 rings (SSSR count). The van der Waals surface area contributed by atoms with Crippen LogP contribution in [0.3, 0.4) is 0 Å². The monoisotopic (exact) mass is 242 g/mol. The van der Waals surface area contributed by atoms with E-state index < -0.39 is 5.97 Å². The molecule has 17 heavy (non-hydrogen) atoms. The van der Waals surface area contributed by atoms with Crippen molar-refractivity contribution in [1.82, 2.24) is 10.2 Å². The van der Waals surface area contributed by atoms with Crippen LogP contribution in [0.1, 0.15) is 27.2 Å². The molecule has 0 aromatic rings. The van der Waals surface area contributed by atoms with Crippen molar-refractivity contribution in [3.63, 3.8) is 0 Å². The summed E-state index contributed by atoms with van der Waals surface area (Å²) in [7, 11) is 0. The average Bonchev–Trinajstić information content (AvgIpc) is 2.64. The summed E-state index contributed by atoms with van der Waals surface area (Å²) in [5, 5.41) is 12.0. The van der Waals surface area contributed by atoms with Crippen LogP contribution in [0.2, 0.25) is 0 Å². The van der Waals surface area contributed by atoms with E-state index in [0.29, 0.717) is 19.0 Å². The minimum absolute atomic E-state index is 0.00805. The van der Waals surface area contributed by atoms with Gasteiger partial charge in [0.1, 0.15) is 0 Å². The number of amides is 1. The van der Waals surface area contributed by atoms with Gasteiger partial charge in [-0.3, -0.25) is 9.59 Å². The molecule has 0 aliphatic carbocycles. The smallest absolute Gasteiger partial charge is 0.305 e. The van der Waals surface area contributed by atoms with Crippen molar-refractivity contribution in [3.05, 3.63) is 0 Å². The summed E-state index contributed by atoms with van der Waals surface area (Å²) in [6, 6.07) is -0.238. The summed E-state index contributed by atoms with van der Waals surface area (Å²) in [6.45, 7) is 7.87. The molecular weight excluding hydrogens is 220 g/mol. The first-order valence-electron chi connectivity index (χ1n) is 6.20. The number of rotatable bonds is 5. The first-order valence-corrected chi connectivity index (χ1v) is 6.20. The normalized spacial score (nSPS) is 25.6. The molecule has 3 unspecified atom stereocenters. The van der Waals surface area contributed by atoms with Gasteiger partial charge < -0.3 is 15.3 Å². The lowest BCUT2D eigenvalue weighted by molar-refractivity contribution is -0.142. The molecule has 1 aliphatic heterocycles. The van der Waals surface area contributed by atoms with E-state index in [9.17, 15) is 9.59 Å². The number of nitrogens with zero attached hydrogens (tertiary/aromatic N) is 1. The van der Waals surface area contributed by atoms with Gasteiger partial charge in [-0.05, 0) is 26.3 Å². The highest BCUT2D eigenvalue weighted by atomic mass is 16.4. The topological polar surface area (TPSA) is 69.6 Å². The van der Waals surface area contributed by atoms with Gasteiger partial charge in [0.25, 0.3) is 0 Å². The SMILES string of the molecule is CCN(C(=O)C1CNCC1C)C(C)CC(=O)O. The van der Waals surface area contributed by atoms with E-state index in [-0.39, 0.29) is 24.3 Å². The summed E-state index contributed by atoms with van der Waals surface area (Å²) in [4.78, 5) is 24.7. The largest absolute Gasteiger partial charge is 0.481 e. The molecule has 0 spiro atoms. The first-order chi connectivity index (χ1) is 7.97. The predicted molar refractivity (Wildman–Crippen MR) is 64.6 cm³/mol. The number of aliphatic carboxylic acids is 1. The Morgan fingerprint density at radius 1 is 1.47 bits per heavy atom. The number of carbonyl (C=O) groups excluding carboxylic acids is 1. The van der Waals surface area contributed by atoms with E-state index in [1.807, 2.05) is 6.92 Å². The number of carboxylic acids is 1. The third-order valence-corrected chi connectivity index (χ3v) is 3.46. The Bertz CT molecular complexity index is 293. The van der Waals surface area contributed by atoms with Crippen molar-refractivity contribution in [1.29, 1.82) is 0 Å². The van der Waals surface area contributed by atoms with Crippen LogP contribution in [0.25, 0.3) is 0 Å². The number of carbonyl (C=O) groups is 2. The molecule has 98 valence electrons. The van der Waals surface area contributed by atoms with E-state index in [0.717, 1.165) is 6.54 Å². The molecule has 1 heterocycles. The maximum Gasteiger partial charge on any atom is 0.305 e. The molecule has 1 amide bonds. The summed E-state index contributed by atoms with van der Waals surface area (Å²) >= 11 is 0. The van der Waals surface area contributed by atoms with Crippen LogP contribution in [-0.2, 0) is 9.59 Å². The molecule has 2 N–H and O–H groups in total. The zero-order chi connectivity index (χ0) is 13.0. The highest BCUT2D eigenvalue weighted by Crippen LogP contribution is 2.20. The van der Waals surface area contributed by atoms with Crippen LogP contribution in [0.5, 0.6) is 0 Å². The van der Waals surface area contributed by atoms with Crippen molar-refractivity contribution in [2.75, 3.05) is 19.6 Å². The van der Waals surface area contributed by atoms with Crippen molar-refractivity contribution >= 4 is 11.9 Å². The Balaban J connectivity index is 2.66. The molecule has 1 fully saturated rings. The second-order valence-electron chi connectivity index (χ2n) is 4.81. The Labute approximate surface area is 102 Å². The molecule has 0 radical (unpaired) electrons. The highest BCUT2D eigenvalue weighted by molar-refractivity contribution is 5.80. The summed E-state index contributed by atoms with van der Waals surface area (Å²) in [6.07, 6.45) is 0.00805. The van der Waals surface area contributed by atoms with Crippen LogP contribution in [0.15, 0.2) is 0 Å². The van der Waals surface area contributed by atoms with Gasteiger partial charge >= 0.3 is 5.97 Å². The third kappa shape index (κ3) is 3.43. The Morgan fingerprint density at radius 2 is 2.12 bits per heavy atom. The van der Waals surface area contributed by atoms with Crippen molar-refractivity contribution in [2.24, 2.45) is 11.8 Å². The highest BCUT2D eigenvalue weighted by Gasteiger charge is 2.34. The predicted octanol–water partition coefficient (Wildman–Crippen LogP) is 0.554. The number of hydrogen-bond donors (Lipinski definition) is 2. The molecule has 0 saturated carbocycles. The minimum Gasteiger partial charge on any atom is -0.481 e. The van der Waals surface area contributed by atoms with Gasteiger partial charge in [-0.1, -0.05) is 6.92 Å². The second-order valence-corrected chi connectivity index (χ2v) is 4.81. The molecule has 0 aromatic heterocycles. The summed E-state index contributed by atoms with van der Waals surface area (Å²) in [5.74, 6) is -0.458. The number of nitrogens with one attached hydrogen (secondary N) is 1. The van der Waals surface area contributed by atoms with Crippen LogP contribution in [0, 0.1) is 11.8 Å². The van der Waals surface area contributed by atoms with Crippen LogP contribution >= 0.6 is 0 Å². The third-order valence-electron chi connectivity index (χ3n) is 3.46. The van der Waals surface area contributed by atoms with Gasteiger partial charge in [0.15, 0.2) is 0 Å². The Kier molecular flexibility index (Phi) is 4.93. The van der Waals surface area contributed by atoms with Gasteiger partial charge in [0, 0.05) is 19.1 Å². The van der Waals surface area contributed by atoms with Gasteiger partial charge in [0.05, 0.1) is 12.3 Å². The van der Waals surface area contributed by atoms with E-state index in [1.54, 1.807) is 11.8 Å². The minimum atomic E-state index is -0.860. The fourth-order valence-electron chi connectivity index (χ4n) is 2.40. The quantitative estimate of drug-likeness (QED) is 0.739. The lowest BCUT2D eigenvalue weighted by Crippen LogP contribution is -2.44. The molecule has 1 saturated heterocycles. The van der Waals surface area contributed by atoms with Crippen molar-refractivity contribution in [3.8, 4) is 0 Å². The van der Waals surface area contributed by atoms with Crippen LogP contribution in [-0.4, -0.2) is 47.6 Å². The molecular formula is C12H22N2O3. The van der Waals surface area contributed by atoms with Crippen molar-refractivity contribution in [2.45, 2.75) is 33.2 Å². The van der Waals surface area contributed by atoms with Crippen LogP contribution < -0.4 is 5.32 Å². The Hall–Kier alpha value is -1.10. The molecule has 0 aromatic carbocycles. The summed E-state index contributed by atoms with van der Waals surface area (Å²) < 4.78 is 0. The fourth-order valence-corrected chi connectivity index (χ4v) is 2.40. The lowest BCUT2D eigenvalue weighted by atomic mass is 9.96. The van der Waals surface area contributed by atoms with Gasteiger partial charge in [0.2, 0.25) is 5.91 Å². The maximum atomic E-state index is 12.3. The number of carboxylic acid groups (broad SMARTS) is 1. The lowest BCUT2D eigenvalue weighted by Gasteiger charge is -2.30. The zero-order valence-electron chi connectivity index (χ0n) is 10.8. The molecule has 5 nitrogen and oxygen atoms in total. The zero-order valence-corrected chi connectivity index (χ0v) is 10.8. The van der Waals surface area contributed by atoms with E-state index >= 15 is 0 Å². The Morgan fingerprint density at radius 3 is 2.53 bits per heavy atom.